The molecule has 0 radical (unpaired) electrons. The lowest BCUT2D eigenvalue weighted by Crippen LogP contribution is -2.48. The second-order valence-corrected chi connectivity index (χ2v) is 10.4. The highest BCUT2D eigenvalue weighted by molar-refractivity contribution is 7.89. The van der Waals surface area contributed by atoms with Crippen LogP contribution < -0.4 is 0 Å². The minimum Gasteiger partial charge on any atom is -0.294 e. The van der Waals surface area contributed by atoms with Gasteiger partial charge in [-0.05, 0) is 12.1 Å². The van der Waals surface area contributed by atoms with E-state index in [-0.39, 0.29) is 4.90 Å². The van der Waals surface area contributed by atoms with Crippen molar-refractivity contribution in [3.8, 4) is 11.3 Å². The van der Waals surface area contributed by atoms with Gasteiger partial charge in [0.1, 0.15) is 9.90 Å². The summed E-state index contributed by atoms with van der Waals surface area (Å²) in [7, 11) is -3.59. The van der Waals surface area contributed by atoms with E-state index in [1.165, 1.54) is 0 Å². The first-order chi connectivity index (χ1) is 15.1. The molecule has 0 spiro atoms. The molecule has 8 heteroatoms. The largest absolute Gasteiger partial charge is 0.294 e. The standard InChI is InChI=1S/C23H22N4O2S2/c28-31(29,21-10-4-8-19-9-5-11-24-23(19)21)27-14-12-26(13-15-27)16-22-25-20(17-30-22)18-6-2-1-3-7-18/h1-11,17H,12-16H2. The Morgan fingerprint density at radius 2 is 1.68 bits per heavy atom. The van der Waals surface area contributed by atoms with Crippen molar-refractivity contribution in [2.75, 3.05) is 26.2 Å². The summed E-state index contributed by atoms with van der Waals surface area (Å²) in [5.41, 5.74) is 2.64. The number of benzene rings is 2. The van der Waals surface area contributed by atoms with Crippen molar-refractivity contribution in [2.45, 2.75) is 11.4 Å². The fourth-order valence-corrected chi connectivity index (χ4v) is 6.30. The van der Waals surface area contributed by atoms with Gasteiger partial charge in [-0.1, -0.05) is 48.5 Å². The molecule has 0 N–H and O–H groups in total. The van der Waals surface area contributed by atoms with E-state index < -0.39 is 10.0 Å². The van der Waals surface area contributed by atoms with Crippen molar-refractivity contribution >= 4 is 32.3 Å². The molecule has 6 nitrogen and oxygen atoms in total. The maximum Gasteiger partial charge on any atom is 0.245 e. The SMILES string of the molecule is O=S(=O)(c1cccc2cccnc12)N1CCN(Cc2nc(-c3ccccc3)cs2)CC1. The summed E-state index contributed by atoms with van der Waals surface area (Å²) < 4.78 is 28.1. The molecule has 0 saturated carbocycles. The van der Waals surface area contributed by atoms with Gasteiger partial charge in [-0.15, -0.1) is 11.3 Å². The van der Waals surface area contributed by atoms with Gasteiger partial charge in [0.15, 0.2) is 0 Å². The number of fused-ring (bicyclic) bond motifs is 1. The van der Waals surface area contributed by atoms with Gasteiger partial charge in [0, 0.05) is 48.7 Å². The number of nitrogens with zero attached hydrogens (tertiary/aromatic N) is 4. The van der Waals surface area contributed by atoms with Crippen molar-refractivity contribution in [1.29, 1.82) is 0 Å². The summed E-state index contributed by atoms with van der Waals surface area (Å²) in [5.74, 6) is 0. The van der Waals surface area contributed by atoms with Crippen LogP contribution >= 0.6 is 11.3 Å². The van der Waals surface area contributed by atoms with Crippen molar-refractivity contribution in [1.82, 2.24) is 19.2 Å². The molecule has 0 unspecified atom stereocenters. The molecule has 0 amide bonds. The van der Waals surface area contributed by atoms with Crippen LogP contribution in [0.15, 0.2) is 77.1 Å². The second-order valence-electron chi connectivity index (χ2n) is 7.50. The average Bonchev–Trinajstić information content (AvgIpc) is 3.28. The normalized spacial score (nSPS) is 16.0. The van der Waals surface area contributed by atoms with Crippen LogP contribution in [0.5, 0.6) is 0 Å². The third kappa shape index (κ3) is 4.12. The lowest BCUT2D eigenvalue weighted by atomic mass is 10.2. The average molecular weight is 451 g/mol. The van der Waals surface area contributed by atoms with Crippen LogP contribution in [-0.4, -0.2) is 53.8 Å². The Kier molecular flexibility index (Phi) is 5.54. The second kappa shape index (κ2) is 8.47. The van der Waals surface area contributed by atoms with E-state index in [1.807, 2.05) is 36.4 Å². The maximum atomic E-state index is 13.3. The molecule has 2 aromatic heterocycles. The lowest BCUT2D eigenvalue weighted by Gasteiger charge is -2.33. The number of rotatable bonds is 5. The number of thiazole rings is 1. The molecule has 158 valence electrons. The minimum atomic E-state index is -3.59. The van der Waals surface area contributed by atoms with Gasteiger partial charge in [0.05, 0.1) is 17.8 Å². The zero-order valence-electron chi connectivity index (χ0n) is 16.9. The van der Waals surface area contributed by atoms with Gasteiger partial charge in [-0.25, -0.2) is 13.4 Å². The van der Waals surface area contributed by atoms with Gasteiger partial charge < -0.3 is 0 Å². The van der Waals surface area contributed by atoms with Crippen LogP contribution in [0.2, 0.25) is 0 Å². The van der Waals surface area contributed by atoms with E-state index in [9.17, 15) is 8.42 Å². The maximum absolute atomic E-state index is 13.3. The molecule has 4 aromatic rings. The number of pyridine rings is 1. The Morgan fingerprint density at radius 3 is 2.48 bits per heavy atom. The third-order valence-corrected chi connectivity index (χ3v) is 8.29. The summed E-state index contributed by atoms with van der Waals surface area (Å²) in [5, 5.41) is 3.97. The number of hydrogen-bond acceptors (Lipinski definition) is 6. The molecule has 0 bridgehead atoms. The minimum absolute atomic E-state index is 0.284. The summed E-state index contributed by atoms with van der Waals surface area (Å²) in [6, 6.07) is 19.2. The van der Waals surface area contributed by atoms with Gasteiger partial charge in [0.25, 0.3) is 0 Å². The Morgan fingerprint density at radius 1 is 0.903 bits per heavy atom. The van der Waals surface area contributed by atoms with Crippen LogP contribution in [0.25, 0.3) is 22.2 Å². The van der Waals surface area contributed by atoms with E-state index in [4.69, 9.17) is 4.98 Å². The highest BCUT2D eigenvalue weighted by Crippen LogP contribution is 2.26. The van der Waals surface area contributed by atoms with E-state index in [0.717, 1.165) is 28.2 Å². The first-order valence-corrected chi connectivity index (χ1v) is 12.5. The van der Waals surface area contributed by atoms with Crippen LogP contribution in [0.1, 0.15) is 5.01 Å². The first-order valence-electron chi connectivity index (χ1n) is 10.2. The molecule has 31 heavy (non-hydrogen) atoms. The third-order valence-electron chi connectivity index (χ3n) is 5.52. The quantitative estimate of drug-likeness (QED) is 0.462. The van der Waals surface area contributed by atoms with E-state index in [1.54, 1.807) is 34.0 Å². The van der Waals surface area contributed by atoms with Crippen LogP contribution in [-0.2, 0) is 16.6 Å². The summed E-state index contributed by atoms with van der Waals surface area (Å²) in [4.78, 5) is 11.6. The molecule has 1 saturated heterocycles. The van der Waals surface area contributed by atoms with Crippen LogP contribution in [0.4, 0.5) is 0 Å². The Balaban J connectivity index is 1.27. The van der Waals surface area contributed by atoms with E-state index in [0.29, 0.717) is 31.7 Å². The van der Waals surface area contributed by atoms with Gasteiger partial charge >= 0.3 is 0 Å². The first kappa shape index (κ1) is 20.3. The lowest BCUT2D eigenvalue weighted by molar-refractivity contribution is 0.181. The van der Waals surface area contributed by atoms with Crippen molar-refractivity contribution < 1.29 is 8.42 Å². The Hall–Kier alpha value is -2.65. The number of sulfonamides is 1. The number of hydrogen-bond donors (Lipinski definition) is 0. The molecule has 0 atom stereocenters. The fourth-order valence-electron chi connectivity index (χ4n) is 3.87. The predicted molar refractivity (Wildman–Crippen MR) is 123 cm³/mol. The molecule has 5 rings (SSSR count). The predicted octanol–water partition coefficient (Wildman–Crippen LogP) is 3.86. The van der Waals surface area contributed by atoms with Crippen LogP contribution in [0.3, 0.4) is 0 Å². The molecule has 2 aromatic carbocycles. The number of aromatic nitrogens is 2. The van der Waals surface area contributed by atoms with Crippen molar-refractivity contribution in [3.05, 3.63) is 77.2 Å². The van der Waals surface area contributed by atoms with Gasteiger partial charge in [-0.2, -0.15) is 4.31 Å². The molecule has 1 fully saturated rings. The van der Waals surface area contributed by atoms with E-state index in [2.05, 4.69) is 27.4 Å². The number of piperazine rings is 1. The molecule has 1 aliphatic heterocycles. The molecular formula is C23H22N4O2S2. The Labute approximate surface area is 185 Å². The van der Waals surface area contributed by atoms with Gasteiger partial charge in [0.2, 0.25) is 10.0 Å². The van der Waals surface area contributed by atoms with Crippen LogP contribution in [0, 0.1) is 0 Å². The summed E-state index contributed by atoms with van der Waals surface area (Å²) in [6.07, 6.45) is 1.64. The molecular weight excluding hydrogens is 428 g/mol. The Bertz CT molecular complexity index is 1290. The van der Waals surface area contributed by atoms with Crippen molar-refractivity contribution in [3.63, 3.8) is 0 Å². The molecule has 3 heterocycles. The number of para-hydroxylation sites is 1. The topological polar surface area (TPSA) is 66.4 Å². The highest BCUT2D eigenvalue weighted by Gasteiger charge is 2.30. The zero-order chi connectivity index (χ0) is 21.3. The van der Waals surface area contributed by atoms with Crippen molar-refractivity contribution in [2.24, 2.45) is 0 Å². The van der Waals surface area contributed by atoms with E-state index >= 15 is 0 Å². The smallest absolute Gasteiger partial charge is 0.245 e. The molecule has 1 aliphatic rings. The highest BCUT2D eigenvalue weighted by atomic mass is 32.2. The molecule has 0 aliphatic carbocycles. The summed E-state index contributed by atoms with van der Waals surface area (Å²) in [6.45, 7) is 3.02. The monoisotopic (exact) mass is 450 g/mol. The fraction of sp³-hybridized carbons (Fsp3) is 0.217. The van der Waals surface area contributed by atoms with Gasteiger partial charge in [-0.3, -0.25) is 9.88 Å². The summed E-state index contributed by atoms with van der Waals surface area (Å²) >= 11 is 1.65. The zero-order valence-corrected chi connectivity index (χ0v) is 18.5.